The minimum absolute atomic E-state index is 0.463. The highest BCUT2D eigenvalue weighted by Crippen LogP contribution is 2.58. The monoisotopic (exact) mass is 305 g/mol. The Bertz CT molecular complexity index is 497. The fourth-order valence-electron chi connectivity index (χ4n) is 4.19. The second kappa shape index (κ2) is 6.71. The molecule has 0 bridgehead atoms. The fourth-order valence-corrected chi connectivity index (χ4v) is 4.19. The molecule has 2 fully saturated rings. The summed E-state index contributed by atoms with van der Waals surface area (Å²) < 4.78 is 7.55. The van der Waals surface area contributed by atoms with Gasteiger partial charge in [0.05, 0.1) is 12.3 Å². The van der Waals surface area contributed by atoms with Crippen LogP contribution in [0.5, 0.6) is 0 Å². The zero-order valence-corrected chi connectivity index (χ0v) is 14.6. The number of aryl methyl sites for hydroxylation is 1. The molecule has 3 rings (SSSR count). The van der Waals surface area contributed by atoms with Crippen LogP contribution in [0.3, 0.4) is 0 Å². The molecule has 3 atom stereocenters. The molecular formula is C18H31N3O. The van der Waals surface area contributed by atoms with Crippen LogP contribution in [-0.2, 0) is 11.2 Å². The number of likely N-dealkylation sites (tertiary alicyclic amines) is 1. The summed E-state index contributed by atoms with van der Waals surface area (Å²) in [4.78, 5) is 2.60. The first-order valence-corrected chi connectivity index (χ1v) is 8.95. The van der Waals surface area contributed by atoms with Crippen LogP contribution in [0.2, 0.25) is 0 Å². The third-order valence-corrected chi connectivity index (χ3v) is 5.43. The third-order valence-electron chi connectivity index (χ3n) is 5.43. The molecule has 0 amide bonds. The minimum atomic E-state index is 0.463. The Morgan fingerprint density at radius 2 is 2.18 bits per heavy atom. The van der Waals surface area contributed by atoms with Crippen molar-refractivity contribution in [3.63, 3.8) is 0 Å². The molecule has 1 saturated carbocycles. The Hall–Kier alpha value is -0.870. The van der Waals surface area contributed by atoms with Crippen LogP contribution in [0, 0.1) is 11.8 Å². The van der Waals surface area contributed by atoms with E-state index in [9.17, 15) is 0 Å². The summed E-state index contributed by atoms with van der Waals surface area (Å²) >= 11 is 0. The molecular weight excluding hydrogens is 274 g/mol. The van der Waals surface area contributed by atoms with Gasteiger partial charge in [-0.25, -0.2) is 0 Å². The van der Waals surface area contributed by atoms with Gasteiger partial charge in [0.1, 0.15) is 0 Å². The smallest absolute Gasteiger partial charge is 0.0625 e. The van der Waals surface area contributed by atoms with E-state index in [0.29, 0.717) is 6.04 Å². The van der Waals surface area contributed by atoms with Crippen LogP contribution in [0.4, 0.5) is 0 Å². The van der Waals surface area contributed by atoms with Gasteiger partial charge < -0.3 is 9.64 Å². The van der Waals surface area contributed by atoms with Crippen LogP contribution in [0.1, 0.15) is 57.0 Å². The van der Waals surface area contributed by atoms with Crippen LogP contribution >= 0.6 is 0 Å². The average molecular weight is 305 g/mol. The molecule has 4 heteroatoms. The maximum Gasteiger partial charge on any atom is 0.0625 e. The number of fused-ring (bicyclic) bond motifs is 1. The molecule has 1 aromatic rings. The van der Waals surface area contributed by atoms with Gasteiger partial charge in [0, 0.05) is 37.9 Å². The highest BCUT2D eigenvalue weighted by molar-refractivity contribution is 5.26. The number of rotatable bonds is 6. The molecule has 0 spiro atoms. The lowest BCUT2D eigenvalue weighted by Gasteiger charge is -2.21. The Morgan fingerprint density at radius 1 is 1.36 bits per heavy atom. The van der Waals surface area contributed by atoms with Crippen molar-refractivity contribution in [3.05, 3.63) is 17.5 Å². The van der Waals surface area contributed by atoms with Crippen molar-refractivity contribution in [2.45, 2.75) is 52.0 Å². The normalized spacial score (nSPS) is 28.7. The Kier molecular flexibility index (Phi) is 4.88. The lowest BCUT2D eigenvalue weighted by molar-refractivity contribution is 0.146. The SMILES string of the molecule is CCc1cc(C2C3CCCN(CCOC)CC32)n(C(C)C)n1. The lowest BCUT2D eigenvalue weighted by atomic mass is 10.1. The molecule has 22 heavy (non-hydrogen) atoms. The highest BCUT2D eigenvalue weighted by atomic mass is 16.5. The summed E-state index contributed by atoms with van der Waals surface area (Å²) in [6, 6.07) is 2.84. The van der Waals surface area contributed by atoms with Gasteiger partial charge in [0.15, 0.2) is 0 Å². The van der Waals surface area contributed by atoms with Crippen LogP contribution < -0.4 is 0 Å². The van der Waals surface area contributed by atoms with E-state index in [1.807, 2.05) is 0 Å². The van der Waals surface area contributed by atoms with E-state index in [1.54, 1.807) is 7.11 Å². The van der Waals surface area contributed by atoms with Crippen LogP contribution in [0.25, 0.3) is 0 Å². The predicted molar refractivity (Wildman–Crippen MR) is 89.3 cm³/mol. The first kappa shape index (κ1) is 16.0. The molecule has 2 heterocycles. The lowest BCUT2D eigenvalue weighted by Crippen LogP contribution is -2.30. The van der Waals surface area contributed by atoms with E-state index in [0.717, 1.165) is 37.3 Å². The number of ether oxygens (including phenoxy) is 1. The van der Waals surface area contributed by atoms with E-state index in [1.165, 1.54) is 37.3 Å². The van der Waals surface area contributed by atoms with Gasteiger partial charge in [0.25, 0.3) is 0 Å². The number of hydrogen-bond acceptors (Lipinski definition) is 3. The van der Waals surface area contributed by atoms with Crippen molar-refractivity contribution < 1.29 is 4.74 Å². The van der Waals surface area contributed by atoms with Crippen LogP contribution in [0.15, 0.2) is 6.07 Å². The molecule has 1 aliphatic carbocycles. The summed E-state index contributed by atoms with van der Waals surface area (Å²) in [5.74, 6) is 2.45. The number of nitrogens with zero attached hydrogens (tertiary/aromatic N) is 3. The van der Waals surface area contributed by atoms with Crippen molar-refractivity contribution in [3.8, 4) is 0 Å². The van der Waals surface area contributed by atoms with Gasteiger partial charge in [-0.3, -0.25) is 4.68 Å². The second-order valence-electron chi connectivity index (χ2n) is 7.24. The van der Waals surface area contributed by atoms with E-state index < -0.39 is 0 Å². The zero-order chi connectivity index (χ0) is 15.7. The van der Waals surface area contributed by atoms with Gasteiger partial charge in [-0.15, -0.1) is 0 Å². The van der Waals surface area contributed by atoms with Gasteiger partial charge in [-0.05, 0) is 57.6 Å². The number of aromatic nitrogens is 2. The van der Waals surface area contributed by atoms with Gasteiger partial charge in [-0.2, -0.15) is 5.10 Å². The van der Waals surface area contributed by atoms with Gasteiger partial charge in [0.2, 0.25) is 0 Å². The molecule has 1 saturated heterocycles. The van der Waals surface area contributed by atoms with Crippen molar-refractivity contribution in [2.75, 3.05) is 33.4 Å². The van der Waals surface area contributed by atoms with E-state index in [-0.39, 0.29) is 0 Å². The largest absolute Gasteiger partial charge is 0.383 e. The second-order valence-corrected chi connectivity index (χ2v) is 7.24. The first-order valence-electron chi connectivity index (χ1n) is 8.95. The van der Waals surface area contributed by atoms with Crippen molar-refractivity contribution in [2.24, 2.45) is 11.8 Å². The van der Waals surface area contributed by atoms with E-state index in [4.69, 9.17) is 9.84 Å². The quantitative estimate of drug-likeness (QED) is 0.809. The highest BCUT2D eigenvalue weighted by Gasteiger charge is 2.53. The summed E-state index contributed by atoms with van der Waals surface area (Å²) in [6.45, 7) is 11.1. The molecule has 1 aromatic heterocycles. The van der Waals surface area contributed by atoms with E-state index in [2.05, 4.69) is 36.4 Å². The third kappa shape index (κ3) is 3.09. The summed E-state index contributed by atoms with van der Waals surface area (Å²) in [5, 5.41) is 4.82. The summed E-state index contributed by atoms with van der Waals surface area (Å²) in [7, 11) is 1.80. The molecule has 4 nitrogen and oxygen atoms in total. The van der Waals surface area contributed by atoms with Gasteiger partial charge in [-0.1, -0.05) is 6.92 Å². The van der Waals surface area contributed by atoms with Crippen molar-refractivity contribution >= 4 is 0 Å². The molecule has 2 aliphatic rings. The topological polar surface area (TPSA) is 30.3 Å². The summed E-state index contributed by atoms with van der Waals surface area (Å²) in [5.41, 5.74) is 2.75. The maximum atomic E-state index is 5.26. The Morgan fingerprint density at radius 3 is 2.86 bits per heavy atom. The number of methoxy groups -OCH3 is 1. The zero-order valence-electron chi connectivity index (χ0n) is 14.6. The molecule has 0 radical (unpaired) electrons. The van der Waals surface area contributed by atoms with Gasteiger partial charge >= 0.3 is 0 Å². The van der Waals surface area contributed by atoms with Crippen LogP contribution in [-0.4, -0.2) is 48.0 Å². The first-order chi connectivity index (χ1) is 10.7. The Balaban J connectivity index is 1.73. The number of hydrogen-bond donors (Lipinski definition) is 0. The molecule has 3 unspecified atom stereocenters. The molecule has 1 aliphatic heterocycles. The fraction of sp³-hybridized carbons (Fsp3) is 0.833. The maximum absolute atomic E-state index is 5.26. The van der Waals surface area contributed by atoms with Crippen molar-refractivity contribution in [1.82, 2.24) is 14.7 Å². The minimum Gasteiger partial charge on any atom is -0.383 e. The average Bonchev–Trinajstić information content (AvgIpc) is 3.05. The molecule has 124 valence electrons. The Labute approximate surface area is 134 Å². The summed E-state index contributed by atoms with van der Waals surface area (Å²) in [6.07, 6.45) is 3.75. The van der Waals surface area contributed by atoms with Crippen molar-refractivity contribution in [1.29, 1.82) is 0 Å². The predicted octanol–water partition coefficient (Wildman–Crippen LogP) is 3.10. The molecule has 0 N–H and O–H groups in total. The molecule has 0 aromatic carbocycles. The van der Waals surface area contributed by atoms with E-state index >= 15 is 0 Å². The standard InChI is InChI=1S/C18H31N3O/c1-5-14-11-17(21(19-14)13(2)3)18-15-7-6-8-20(9-10-22-4)12-16(15)18/h11,13,15-16,18H,5-10,12H2,1-4H3.